The van der Waals surface area contributed by atoms with Gasteiger partial charge in [-0.25, -0.2) is 4.79 Å². The molecule has 0 spiro atoms. The number of aliphatic hydroxyl groups excluding tert-OH is 1. The molecule has 140 valence electrons. The molecule has 1 rings (SSSR count). The van der Waals surface area contributed by atoms with E-state index in [0.717, 1.165) is 4.90 Å². The van der Waals surface area contributed by atoms with Gasteiger partial charge in [-0.2, -0.15) is 0 Å². The first-order valence-electron chi connectivity index (χ1n) is 7.59. The predicted molar refractivity (Wildman–Crippen MR) is 81.2 cm³/mol. The van der Waals surface area contributed by atoms with Crippen molar-refractivity contribution in [3.8, 4) is 0 Å². The van der Waals surface area contributed by atoms with E-state index in [1.54, 1.807) is 0 Å². The summed E-state index contributed by atoms with van der Waals surface area (Å²) in [6, 6.07) is -2.59. The SMILES string of the molecule is NCC(=O)N[C@@H](CCC(=O)O)C(=O)[C@H]1CC(=O)N([C@@H](CO)C(=O)O)C1. The fraction of sp³-hybridized carbons (Fsp3) is 0.643. The number of nitrogens with two attached hydrogens (primary N) is 1. The van der Waals surface area contributed by atoms with Crippen molar-refractivity contribution in [1.82, 2.24) is 10.2 Å². The van der Waals surface area contributed by atoms with Crippen molar-refractivity contribution in [2.45, 2.75) is 31.3 Å². The second-order valence-electron chi connectivity index (χ2n) is 5.64. The van der Waals surface area contributed by atoms with Gasteiger partial charge in [-0.3, -0.25) is 19.2 Å². The van der Waals surface area contributed by atoms with Crippen LogP contribution >= 0.6 is 0 Å². The molecule has 11 nitrogen and oxygen atoms in total. The smallest absolute Gasteiger partial charge is 0.328 e. The highest BCUT2D eigenvalue weighted by atomic mass is 16.4. The van der Waals surface area contributed by atoms with Crippen LogP contribution in [-0.4, -0.2) is 81.5 Å². The molecule has 11 heteroatoms. The van der Waals surface area contributed by atoms with E-state index in [1.165, 1.54) is 0 Å². The number of hydrogen-bond acceptors (Lipinski definition) is 7. The Morgan fingerprint density at radius 3 is 2.40 bits per heavy atom. The minimum absolute atomic E-state index is 0.174. The van der Waals surface area contributed by atoms with Crippen LogP contribution in [0.25, 0.3) is 0 Å². The number of amides is 2. The van der Waals surface area contributed by atoms with Gasteiger partial charge >= 0.3 is 11.9 Å². The number of Topliss-reactive ketones (excluding diaryl/α,β-unsaturated/α-hetero) is 1. The minimum Gasteiger partial charge on any atom is -0.481 e. The van der Waals surface area contributed by atoms with Gasteiger partial charge in [0.15, 0.2) is 11.8 Å². The molecule has 0 bridgehead atoms. The number of carbonyl (C=O) groups excluding carboxylic acids is 3. The van der Waals surface area contributed by atoms with Crippen LogP contribution in [0.3, 0.4) is 0 Å². The standard InChI is InChI=1S/C14H21N3O8/c15-4-10(19)16-8(1-2-12(21)22)13(23)7-3-11(20)17(5-7)9(6-18)14(24)25/h7-9,18H,1-6,15H2,(H,16,19)(H,21,22)(H,24,25)/t7-,8-,9-/m0/s1. The van der Waals surface area contributed by atoms with E-state index in [1.807, 2.05) is 0 Å². The number of nitrogens with one attached hydrogen (secondary N) is 1. The largest absolute Gasteiger partial charge is 0.481 e. The Hall–Kier alpha value is -2.53. The zero-order valence-corrected chi connectivity index (χ0v) is 13.4. The van der Waals surface area contributed by atoms with Gasteiger partial charge in [0.25, 0.3) is 0 Å². The Balaban J connectivity index is 2.86. The van der Waals surface area contributed by atoms with Crippen molar-refractivity contribution in [2.24, 2.45) is 11.7 Å². The van der Waals surface area contributed by atoms with Gasteiger partial charge < -0.3 is 31.3 Å². The molecule has 0 unspecified atom stereocenters. The number of rotatable bonds is 10. The van der Waals surface area contributed by atoms with Gasteiger partial charge in [0.05, 0.1) is 19.2 Å². The quantitative estimate of drug-likeness (QED) is 0.274. The number of hydrogen-bond donors (Lipinski definition) is 5. The Bertz CT molecular complexity index is 564. The third-order valence-corrected chi connectivity index (χ3v) is 3.91. The molecule has 0 aliphatic carbocycles. The number of carboxylic acids is 2. The highest BCUT2D eigenvalue weighted by Gasteiger charge is 2.42. The molecule has 25 heavy (non-hydrogen) atoms. The lowest BCUT2D eigenvalue weighted by Gasteiger charge is -2.24. The van der Waals surface area contributed by atoms with Crippen molar-refractivity contribution < 1.29 is 39.3 Å². The predicted octanol–water partition coefficient (Wildman–Crippen LogP) is -2.84. The highest BCUT2D eigenvalue weighted by Crippen LogP contribution is 2.23. The molecule has 6 N–H and O–H groups in total. The van der Waals surface area contributed by atoms with Gasteiger partial charge in [0.2, 0.25) is 11.8 Å². The first-order chi connectivity index (χ1) is 11.7. The van der Waals surface area contributed by atoms with Crippen molar-refractivity contribution in [2.75, 3.05) is 19.7 Å². The van der Waals surface area contributed by atoms with Crippen molar-refractivity contribution in [3.63, 3.8) is 0 Å². The van der Waals surface area contributed by atoms with E-state index < -0.39 is 60.7 Å². The molecule has 0 aromatic rings. The van der Waals surface area contributed by atoms with Crippen LogP contribution < -0.4 is 11.1 Å². The molecule has 0 aromatic carbocycles. The van der Waals surface area contributed by atoms with Crippen molar-refractivity contribution in [3.05, 3.63) is 0 Å². The van der Waals surface area contributed by atoms with Crippen molar-refractivity contribution in [1.29, 1.82) is 0 Å². The molecule has 1 saturated heterocycles. The summed E-state index contributed by atoms with van der Waals surface area (Å²) in [5.74, 6) is -5.29. The summed E-state index contributed by atoms with van der Waals surface area (Å²) in [6.45, 7) is -1.41. The maximum atomic E-state index is 12.5. The molecule has 1 aliphatic heterocycles. The molecular weight excluding hydrogens is 338 g/mol. The zero-order chi connectivity index (χ0) is 19.1. The van der Waals surface area contributed by atoms with Gasteiger partial charge in [0.1, 0.15) is 0 Å². The normalized spacial score (nSPS) is 19.4. The van der Waals surface area contributed by atoms with Crippen LogP contribution in [0, 0.1) is 5.92 Å². The second kappa shape index (κ2) is 9.08. The minimum atomic E-state index is -1.46. The summed E-state index contributed by atoms with van der Waals surface area (Å²) in [5.41, 5.74) is 5.17. The number of nitrogens with zero attached hydrogens (tertiary/aromatic N) is 1. The summed E-state index contributed by atoms with van der Waals surface area (Å²) in [4.78, 5) is 58.6. The molecule has 1 aliphatic rings. The van der Waals surface area contributed by atoms with Crippen molar-refractivity contribution >= 4 is 29.5 Å². The average Bonchev–Trinajstić information content (AvgIpc) is 2.92. The number of likely N-dealkylation sites (tertiary alicyclic amines) is 1. The van der Waals surface area contributed by atoms with Crippen LogP contribution in [-0.2, 0) is 24.0 Å². The third-order valence-electron chi connectivity index (χ3n) is 3.91. The van der Waals surface area contributed by atoms with E-state index in [-0.39, 0.29) is 25.8 Å². The lowest BCUT2D eigenvalue weighted by Crippen LogP contribution is -2.48. The maximum Gasteiger partial charge on any atom is 0.328 e. The summed E-state index contributed by atoms with van der Waals surface area (Å²) < 4.78 is 0. The highest BCUT2D eigenvalue weighted by molar-refractivity contribution is 5.96. The topological polar surface area (TPSA) is 187 Å². The molecule has 3 atom stereocenters. The van der Waals surface area contributed by atoms with Crippen LogP contribution in [0.4, 0.5) is 0 Å². The summed E-state index contributed by atoms with van der Waals surface area (Å²) in [6.07, 6.45) is -0.822. The maximum absolute atomic E-state index is 12.5. The third kappa shape index (κ3) is 5.50. The van der Waals surface area contributed by atoms with E-state index >= 15 is 0 Å². The second-order valence-corrected chi connectivity index (χ2v) is 5.64. The van der Waals surface area contributed by atoms with E-state index in [9.17, 15) is 24.0 Å². The lowest BCUT2D eigenvalue weighted by atomic mass is 9.94. The summed E-state index contributed by atoms with van der Waals surface area (Å²) in [7, 11) is 0. The van der Waals surface area contributed by atoms with E-state index in [2.05, 4.69) is 5.32 Å². The molecule has 0 saturated carbocycles. The van der Waals surface area contributed by atoms with Gasteiger partial charge in [-0.05, 0) is 6.42 Å². The Morgan fingerprint density at radius 1 is 1.28 bits per heavy atom. The number of carboxylic acid groups (broad SMARTS) is 2. The molecule has 2 amide bonds. The monoisotopic (exact) mass is 359 g/mol. The lowest BCUT2D eigenvalue weighted by molar-refractivity contribution is -0.150. The molecule has 0 aromatic heterocycles. The molecule has 1 heterocycles. The fourth-order valence-corrected chi connectivity index (χ4v) is 2.62. The van der Waals surface area contributed by atoms with Crippen LogP contribution in [0.1, 0.15) is 19.3 Å². The van der Waals surface area contributed by atoms with Gasteiger partial charge in [-0.15, -0.1) is 0 Å². The number of aliphatic hydroxyl groups is 1. The summed E-state index contributed by atoms with van der Waals surface area (Å²) >= 11 is 0. The number of aliphatic carboxylic acids is 2. The fourth-order valence-electron chi connectivity index (χ4n) is 2.62. The Morgan fingerprint density at radius 2 is 1.92 bits per heavy atom. The van der Waals surface area contributed by atoms with Gasteiger partial charge in [-0.1, -0.05) is 0 Å². The molecular formula is C14H21N3O8. The molecule has 0 radical (unpaired) electrons. The first-order valence-corrected chi connectivity index (χ1v) is 7.59. The zero-order valence-electron chi connectivity index (χ0n) is 13.4. The van der Waals surface area contributed by atoms with Crippen LogP contribution in [0.5, 0.6) is 0 Å². The Kier molecular flexibility index (Phi) is 7.45. The average molecular weight is 359 g/mol. The van der Waals surface area contributed by atoms with Crippen LogP contribution in [0.15, 0.2) is 0 Å². The summed E-state index contributed by atoms with van der Waals surface area (Å²) in [5, 5.41) is 29.2. The van der Waals surface area contributed by atoms with Crippen LogP contribution in [0.2, 0.25) is 0 Å². The van der Waals surface area contributed by atoms with E-state index in [0.29, 0.717) is 0 Å². The number of carbonyl (C=O) groups is 5. The number of ketones is 1. The molecule has 1 fully saturated rings. The first kappa shape index (κ1) is 20.5. The Labute approximate surface area is 142 Å². The van der Waals surface area contributed by atoms with E-state index in [4.69, 9.17) is 21.1 Å². The van der Waals surface area contributed by atoms with Gasteiger partial charge in [0, 0.05) is 25.3 Å².